The third-order valence-corrected chi connectivity index (χ3v) is 5.46. The lowest BCUT2D eigenvalue weighted by Crippen LogP contribution is -2.22. The van der Waals surface area contributed by atoms with Gasteiger partial charge < -0.3 is 19.5 Å². The van der Waals surface area contributed by atoms with Gasteiger partial charge in [-0.3, -0.25) is 9.59 Å². The van der Waals surface area contributed by atoms with Crippen LogP contribution in [0, 0.1) is 25.2 Å². The number of anilines is 1. The Hall–Kier alpha value is -3.37. The van der Waals surface area contributed by atoms with Gasteiger partial charge in [-0.2, -0.15) is 5.26 Å². The molecule has 0 saturated carbocycles. The summed E-state index contributed by atoms with van der Waals surface area (Å²) in [5, 5.41) is 12.3. The van der Waals surface area contributed by atoms with Gasteiger partial charge in [-0.25, -0.2) is 0 Å². The van der Waals surface area contributed by atoms with Gasteiger partial charge in [0.1, 0.15) is 11.6 Å². The lowest BCUT2D eigenvalue weighted by Gasteiger charge is -2.14. The summed E-state index contributed by atoms with van der Waals surface area (Å²) in [6.07, 6.45) is 3.94. The minimum atomic E-state index is -0.513. The number of carbonyl (C=O) groups is 2. The Morgan fingerprint density at radius 1 is 1.32 bits per heavy atom. The first kappa shape index (κ1) is 22.3. The SMILES string of the molecule is Cc1cc(/C=C(\C#N)C(=O)Nc2cccc(C(=O)N(C)C)c2)c(C)n1CC1CCCO1. The van der Waals surface area contributed by atoms with Crippen molar-refractivity contribution in [3.05, 3.63) is 58.4 Å². The number of aryl methyl sites for hydroxylation is 1. The molecule has 7 nitrogen and oxygen atoms in total. The number of rotatable bonds is 6. The van der Waals surface area contributed by atoms with Crippen LogP contribution in [0.1, 0.15) is 40.2 Å². The maximum Gasteiger partial charge on any atom is 0.266 e. The first-order chi connectivity index (χ1) is 14.8. The van der Waals surface area contributed by atoms with E-state index in [4.69, 9.17) is 4.74 Å². The van der Waals surface area contributed by atoms with E-state index in [9.17, 15) is 14.9 Å². The molecule has 1 N–H and O–H groups in total. The lowest BCUT2D eigenvalue weighted by molar-refractivity contribution is -0.112. The van der Waals surface area contributed by atoms with Crippen molar-refractivity contribution in [3.63, 3.8) is 0 Å². The van der Waals surface area contributed by atoms with Crippen LogP contribution in [0.4, 0.5) is 5.69 Å². The van der Waals surface area contributed by atoms with Gasteiger partial charge in [-0.1, -0.05) is 6.07 Å². The molecule has 31 heavy (non-hydrogen) atoms. The topological polar surface area (TPSA) is 87.4 Å². The maximum atomic E-state index is 12.7. The maximum absolute atomic E-state index is 12.7. The zero-order valence-electron chi connectivity index (χ0n) is 18.4. The Morgan fingerprint density at radius 3 is 2.74 bits per heavy atom. The molecule has 1 aliphatic heterocycles. The molecule has 162 valence electrons. The molecule has 1 aromatic carbocycles. The van der Waals surface area contributed by atoms with Crippen molar-refractivity contribution in [2.75, 3.05) is 26.0 Å². The molecule has 2 heterocycles. The number of hydrogen-bond donors (Lipinski definition) is 1. The molecule has 3 rings (SSSR count). The average molecular weight is 421 g/mol. The van der Waals surface area contributed by atoms with E-state index in [1.54, 1.807) is 44.4 Å². The van der Waals surface area contributed by atoms with E-state index in [-0.39, 0.29) is 17.6 Å². The Labute approximate surface area is 182 Å². The number of nitrogens with one attached hydrogen (secondary N) is 1. The van der Waals surface area contributed by atoms with Gasteiger partial charge in [-0.15, -0.1) is 0 Å². The minimum Gasteiger partial charge on any atom is -0.376 e. The summed E-state index contributed by atoms with van der Waals surface area (Å²) < 4.78 is 7.92. The fraction of sp³-hybridized carbons (Fsp3) is 0.375. The molecule has 0 aliphatic carbocycles. The zero-order chi connectivity index (χ0) is 22.5. The van der Waals surface area contributed by atoms with Gasteiger partial charge in [0, 0.05) is 49.9 Å². The van der Waals surface area contributed by atoms with E-state index >= 15 is 0 Å². The molecule has 0 bridgehead atoms. The summed E-state index contributed by atoms with van der Waals surface area (Å²) in [7, 11) is 3.33. The molecule has 1 fully saturated rings. The van der Waals surface area contributed by atoms with E-state index < -0.39 is 5.91 Å². The van der Waals surface area contributed by atoms with Crippen molar-refractivity contribution < 1.29 is 14.3 Å². The fourth-order valence-corrected chi connectivity index (χ4v) is 3.74. The van der Waals surface area contributed by atoms with E-state index in [0.29, 0.717) is 11.3 Å². The molecule has 1 atom stereocenters. The molecular formula is C24H28N4O3. The third kappa shape index (κ3) is 5.22. The van der Waals surface area contributed by atoms with Gasteiger partial charge in [0.15, 0.2) is 0 Å². The highest BCUT2D eigenvalue weighted by atomic mass is 16.5. The van der Waals surface area contributed by atoms with E-state index in [1.165, 1.54) is 4.90 Å². The molecule has 1 unspecified atom stereocenters. The average Bonchev–Trinajstić information content (AvgIpc) is 3.35. The minimum absolute atomic E-state index is 0.00158. The Bertz CT molecular complexity index is 1050. The molecule has 1 saturated heterocycles. The number of hydrogen-bond acceptors (Lipinski definition) is 4. The van der Waals surface area contributed by atoms with Crippen LogP contribution in [0.15, 0.2) is 35.9 Å². The summed E-state index contributed by atoms with van der Waals surface area (Å²) in [6.45, 7) is 5.57. The lowest BCUT2D eigenvalue weighted by atomic mass is 10.1. The third-order valence-electron chi connectivity index (χ3n) is 5.46. The second kappa shape index (κ2) is 9.63. The zero-order valence-corrected chi connectivity index (χ0v) is 18.4. The Morgan fingerprint density at radius 2 is 2.10 bits per heavy atom. The summed E-state index contributed by atoms with van der Waals surface area (Å²) in [5.41, 5.74) is 3.81. The highest BCUT2D eigenvalue weighted by Crippen LogP contribution is 2.22. The smallest absolute Gasteiger partial charge is 0.266 e. The predicted octanol–water partition coefficient (Wildman–Crippen LogP) is 3.53. The summed E-state index contributed by atoms with van der Waals surface area (Å²) >= 11 is 0. The van der Waals surface area contributed by atoms with E-state index in [2.05, 4.69) is 9.88 Å². The number of benzene rings is 1. The van der Waals surface area contributed by atoms with Gasteiger partial charge in [-0.05, 0) is 62.6 Å². The van der Waals surface area contributed by atoms with Crippen LogP contribution in [-0.2, 0) is 16.1 Å². The summed E-state index contributed by atoms with van der Waals surface area (Å²) in [5.74, 6) is -0.674. The standard InChI is InChI=1S/C24H28N4O3/c1-16-11-19(17(2)28(16)15-22-9-6-10-31-22)12-20(14-25)23(29)26-21-8-5-7-18(13-21)24(30)27(3)4/h5,7-8,11-13,22H,6,9-10,15H2,1-4H3,(H,26,29)/b20-12+. The summed E-state index contributed by atoms with van der Waals surface area (Å²) in [6, 6.07) is 10.6. The molecule has 2 amide bonds. The monoisotopic (exact) mass is 420 g/mol. The van der Waals surface area contributed by atoms with Crippen LogP contribution in [0.5, 0.6) is 0 Å². The Balaban J connectivity index is 1.79. The largest absolute Gasteiger partial charge is 0.376 e. The van der Waals surface area contributed by atoms with E-state index in [0.717, 1.165) is 42.9 Å². The molecule has 7 heteroatoms. The van der Waals surface area contributed by atoms with Crippen LogP contribution in [0.3, 0.4) is 0 Å². The van der Waals surface area contributed by atoms with Crippen molar-refractivity contribution in [2.45, 2.75) is 39.3 Å². The van der Waals surface area contributed by atoms with Crippen LogP contribution >= 0.6 is 0 Å². The highest BCUT2D eigenvalue weighted by molar-refractivity contribution is 6.10. The second-order valence-electron chi connectivity index (χ2n) is 7.98. The van der Waals surface area contributed by atoms with Gasteiger partial charge in [0.2, 0.25) is 0 Å². The predicted molar refractivity (Wildman–Crippen MR) is 120 cm³/mol. The Kier molecular flexibility index (Phi) is 6.93. The number of aromatic nitrogens is 1. The molecule has 1 aliphatic rings. The van der Waals surface area contributed by atoms with Crippen LogP contribution in [-0.4, -0.2) is 48.1 Å². The van der Waals surface area contributed by atoms with Crippen molar-refractivity contribution in [3.8, 4) is 6.07 Å². The fourth-order valence-electron chi connectivity index (χ4n) is 3.74. The number of ether oxygens (including phenoxy) is 1. The molecule has 2 aromatic rings. The molecular weight excluding hydrogens is 392 g/mol. The molecule has 0 spiro atoms. The molecule has 1 aromatic heterocycles. The number of amides is 2. The number of nitrogens with zero attached hydrogens (tertiary/aromatic N) is 3. The van der Waals surface area contributed by atoms with Crippen LogP contribution in [0.25, 0.3) is 6.08 Å². The van der Waals surface area contributed by atoms with Crippen molar-refractivity contribution in [2.24, 2.45) is 0 Å². The highest BCUT2D eigenvalue weighted by Gasteiger charge is 2.19. The van der Waals surface area contributed by atoms with Crippen molar-refractivity contribution in [1.29, 1.82) is 5.26 Å². The van der Waals surface area contributed by atoms with Crippen molar-refractivity contribution >= 4 is 23.6 Å². The van der Waals surface area contributed by atoms with Gasteiger partial charge >= 0.3 is 0 Å². The normalized spacial score (nSPS) is 16.1. The number of nitriles is 1. The van der Waals surface area contributed by atoms with Crippen LogP contribution < -0.4 is 5.32 Å². The van der Waals surface area contributed by atoms with Crippen molar-refractivity contribution in [1.82, 2.24) is 9.47 Å². The van der Waals surface area contributed by atoms with Crippen LogP contribution in [0.2, 0.25) is 0 Å². The number of carbonyl (C=O) groups excluding carboxylic acids is 2. The second-order valence-corrected chi connectivity index (χ2v) is 7.98. The van der Waals surface area contributed by atoms with Gasteiger partial charge in [0.05, 0.1) is 6.10 Å². The molecule has 0 radical (unpaired) electrons. The quantitative estimate of drug-likeness (QED) is 0.572. The first-order valence-electron chi connectivity index (χ1n) is 10.3. The van der Waals surface area contributed by atoms with Gasteiger partial charge in [0.25, 0.3) is 11.8 Å². The van der Waals surface area contributed by atoms with E-state index in [1.807, 2.05) is 26.0 Å². The summed E-state index contributed by atoms with van der Waals surface area (Å²) in [4.78, 5) is 26.3. The first-order valence-corrected chi connectivity index (χ1v) is 10.3.